The molecule has 1 amide bonds. The summed E-state index contributed by atoms with van der Waals surface area (Å²) in [7, 11) is 1.66. The van der Waals surface area contributed by atoms with E-state index >= 15 is 0 Å². The molecule has 1 aliphatic heterocycles. The summed E-state index contributed by atoms with van der Waals surface area (Å²) in [6, 6.07) is 15.7. The van der Waals surface area contributed by atoms with Crippen LogP contribution >= 0.6 is 11.3 Å². The van der Waals surface area contributed by atoms with Crippen molar-refractivity contribution in [1.82, 2.24) is 9.88 Å². The van der Waals surface area contributed by atoms with Crippen LogP contribution in [0.2, 0.25) is 0 Å². The predicted molar refractivity (Wildman–Crippen MR) is 117 cm³/mol. The molecule has 0 spiro atoms. The molecule has 3 aromatic rings. The Bertz CT molecular complexity index is 981. The first-order valence-corrected chi connectivity index (χ1v) is 10.7. The number of ether oxygens (including phenoxy) is 1. The van der Waals surface area contributed by atoms with Crippen LogP contribution in [0.5, 0.6) is 5.75 Å². The zero-order valence-corrected chi connectivity index (χ0v) is 17.5. The lowest BCUT2D eigenvalue weighted by atomic mass is 10.0. The predicted octanol–water partition coefficient (Wildman–Crippen LogP) is 4.90. The van der Waals surface area contributed by atoms with E-state index in [1.54, 1.807) is 7.11 Å². The molecule has 0 radical (unpaired) electrons. The lowest BCUT2D eigenvalue weighted by Gasteiger charge is -2.26. The maximum absolute atomic E-state index is 13.2. The molecule has 0 saturated carbocycles. The number of thiazole rings is 1. The number of aryl methyl sites for hydroxylation is 1. The van der Waals surface area contributed by atoms with Gasteiger partial charge in [-0.1, -0.05) is 42.0 Å². The Kier molecular flexibility index (Phi) is 5.92. The van der Waals surface area contributed by atoms with Crippen LogP contribution in [0, 0.1) is 6.92 Å². The standard InChI is InChI=1S/C23H25N3O2S/c1-16-10-11-20(28-2)18(14-16)19-15-29-23(24-19)25-22(27)21(26-12-6-7-13-26)17-8-4-3-5-9-17/h3-5,8-11,14-15,21H,6-7,12-13H2,1-2H3,(H,24,25,27). The molecule has 1 atom stereocenters. The lowest BCUT2D eigenvalue weighted by molar-refractivity contribution is -0.121. The molecular formula is C23H25N3O2S. The van der Waals surface area contributed by atoms with Crippen LogP contribution < -0.4 is 10.1 Å². The van der Waals surface area contributed by atoms with E-state index in [0.717, 1.165) is 54.1 Å². The highest BCUT2D eigenvalue weighted by Gasteiger charge is 2.30. The van der Waals surface area contributed by atoms with Gasteiger partial charge in [0.05, 0.1) is 12.8 Å². The number of aromatic nitrogens is 1. The Balaban J connectivity index is 1.57. The number of hydrogen-bond acceptors (Lipinski definition) is 5. The summed E-state index contributed by atoms with van der Waals surface area (Å²) in [6.45, 7) is 3.92. The largest absolute Gasteiger partial charge is 0.496 e. The first kappa shape index (κ1) is 19.6. The number of anilines is 1. The number of benzene rings is 2. The molecule has 2 heterocycles. The van der Waals surface area contributed by atoms with E-state index in [2.05, 4.69) is 21.3 Å². The minimum Gasteiger partial charge on any atom is -0.496 e. The van der Waals surface area contributed by atoms with Gasteiger partial charge in [0.15, 0.2) is 5.13 Å². The molecule has 1 fully saturated rings. The van der Waals surface area contributed by atoms with Gasteiger partial charge >= 0.3 is 0 Å². The Labute approximate surface area is 175 Å². The Morgan fingerprint density at radius 1 is 1.17 bits per heavy atom. The molecule has 1 aromatic heterocycles. The molecule has 6 heteroatoms. The van der Waals surface area contributed by atoms with Crippen LogP contribution in [0.3, 0.4) is 0 Å². The van der Waals surface area contributed by atoms with E-state index in [1.165, 1.54) is 11.3 Å². The molecule has 0 bridgehead atoms. The van der Waals surface area contributed by atoms with Crippen molar-refractivity contribution in [1.29, 1.82) is 0 Å². The molecule has 0 aliphatic carbocycles. The highest BCUT2D eigenvalue weighted by atomic mass is 32.1. The van der Waals surface area contributed by atoms with Crippen LogP contribution in [0.25, 0.3) is 11.3 Å². The number of carbonyl (C=O) groups is 1. The number of carbonyl (C=O) groups excluding carboxylic acids is 1. The second-order valence-corrected chi connectivity index (χ2v) is 8.15. The van der Waals surface area contributed by atoms with E-state index in [9.17, 15) is 4.79 Å². The number of nitrogens with zero attached hydrogens (tertiary/aromatic N) is 2. The molecule has 150 valence electrons. The summed E-state index contributed by atoms with van der Waals surface area (Å²) >= 11 is 1.44. The average Bonchev–Trinajstić information content (AvgIpc) is 3.41. The monoisotopic (exact) mass is 407 g/mol. The second kappa shape index (κ2) is 8.76. The Morgan fingerprint density at radius 2 is 1.93 bits per heavy atom. The molecule has 4 rings (SSSR count). The quantitative estimate of drug-likeness (QED) is 0.631. The highest BCUT2D eigenvalue weighted by molar-refractivity contribution is 7.14. The minimum absolute atomic E-state index is 0.0322. The van der Waals surface area contributed by atoms with E-state index in [4.69, 9.17) is 4.74 Å². The normalized spacial score (nSPS) is 15.2. The number of nitrogens with one attached hydrogen (secondary N) is 1. The van der Waals surface area contributed by atoms with Crippen molar-refractivity contribution in [2.75, 3.05) is 25.5 Å². The molecule has 1 aliphatic rings. The first-order valence-electron chi connectivity index (χ1n) is 9.86. The van der Waals surface area contributed by atoms with Gasteiger partial charge in [0, 0.05) is 10.9 Å². The summed E-state index contributed by atoms with van der Waals surface area (Å²) in [5, 5.41) is 5.61. The maximum atomic E-state index is 13.2. The zero-order valence-electron chi connectivity index (χ0n) is 16.7. The van der Waals surface area contributed by atoms with Crippen LogP contribution in [0.15, 0.2) is 53.9 Å². The van der Waals surface area contributed by atoms with Gasteiger partial charge in [-0.05, 0) is 50.6 Å². The minimum atomic E-state index is -0.292. The number of methoxy groups -OCH3 is 1. The molecule has 5 nitrogen and oxygen atoms in total. The van der Waals surface area contributed by atoms with Gasteiger partial charge in [0.2, 0.25) is 5.91 Å². The van der Waals surface area contributed by atoms with Gasteiger partial charge < -0.3 is 10.1 Å². The fourth-order valence-corrected chi connectivity index (χ4v) is 4.53. The van der Waals surface area contributed by atoms with Gasteiger partial charge in [-0.15, -0.1) is 11.3 Å². The summed E-state index contributed by atoms with van der Waals surface area (Å²) in [4.78, 5) is 20.1. The third-order valence-corrected chi connectivity index (χ3v) is 5.99. The highest BCUT2D eigenvalue weighted by Crippen LogP contribution is 2.34. The van der Waals surface area contributed by atoms with E-state index in [1.807, 2.05) is 54.8 Å². The van der Waals surface area contributed by atoms with Crippen molar-refractivity contribution in [2.45, 2.75) is 25.8 Å². The number of amides is 1. The Morgan fingerprint density at radius 3 is 2.66 bits per heavy atom. The molecule has 2 aromatic carbocycles. The van der Waals surface area contributed by atoms with Crippen molar-refractivity contribution >= 4 is 22.4 Å². The van der Waals surface area contributed by atoms with E-state index < -0.39 is 0 Å². The third kappa shape index (κ3) is 4.33. The number of likely N-dealkylation sites (tertiary alicyclic amines) is 1. The average molecular weight is 408 g/mol. The van der Waals surface area contributed by atoms with Crippen molar-refractivity contribution < 1.29 is 9.53 Å². The molecular weight excluding hydrogens is 382 g/mol. The molecule has 1 saturated heterocycles. The van der Waals surface area contributed by atoms with Crippen LogP contribution in [-0.4, -0.2) is 36.0 Å². The van der Waals surface area contributed by atoms with Crippen LogP contribution in [-0.2, 0) is 4.79 Å². The maximum Gasteiger partial charge on any atom is 0.248 e. The van der Waals surface area contributed by atoms with Gasteiger partial charge in [-0.2, -0.15) is 0 Å². The van der Waals surface area contributed by atoms with Crippen LogP contribution in [0.4, 0.5) is 5.13 Å². The lowest BCUT2D eigenvalue weighted by Crippen LogP contribution is -2.35. The summed E-state index contributed by atoms with van der Waals surface area (Å²) in [5.74, 6) is 0.744. The number of rotatable bonds is 6. The SMILES string of the molecule is COc1ccc(C)cc1-c1csc(NC(=O)C(c2ccccc2)N2CCCC2)n1. The second-order valence-electron chi connectivity index (χ2n) is 7.29. The fourth-order valence-electron chi connectivity index (χ4n) is 3.81. The van der Waals surface area contributed by atoms with Gasteiger partial charge in [0.25, 0.3) is 0 Å². The molecule has 1 N–H and O–H groups in total. The zero-order chi connectivity index (χ0) is 20.2. The van der Waals surface area contributed by atoms with Gasteiger partial charge in [-0.25, -0.2) is 4.98 Å². The third-order valence-electron chi connectivity index (χ3n) is 5.23. The van der Waals surface area contributed by atoms with E-state index in [0.29, 0.717) is 5.13 Å². The van der Waals surface area contributed by atoms with Gasteiger partial charge in [0.1, 0.15) is 11.8 Å². The summed E-state index contributed by atoms with van der Waals surface area (Å²) in [6.07, 6.45) is 2.26. The van der Waals surface area contributed by atoms with Crippen molar-refractivity contribution in [3.05, 3.63) is 65.0 Å². The fraction of sp³-hybridized carbons (Fsp3) is 0.304. The molecule has 1 unspecified atom stereocenters. The van der Waals surface area contributed by atoms with Crippen molar-refractivity contribution in [3.8, 4) is 17.0 Å². The summed E-state index contributed by atoms with van der Waals surface area (Å²) < 4.78 is 5.48. The van der Waals surface area contributed by atoms with Gasteiger partial charge in [-0.3, -0.25) is 9.69 Å². The van der Waals surface area contributed by atoms with Crippen LogP contribution in [0.1, 0.15) is 30.0 Å². The van der Waals surface area contributed by atoms with E-state index in [-0.39, 0.29) is 11.9 Å². The Hall–Kier alpha value is -2.70. The molecule has 29 heavy (non-hydrogen) atoms. The van der Waals surface area contributed by atoms with Crippen molar-refractivity contribution in [2.24, 2.45) is 0 Å². The topological polar surface area (TPSA) is 54.5 Å². The van der Waals surface area contributed by atoms with Crippen molar-refractivity contribution in [3.63, 3.8) is 0 Å². The smallest absolute Gasteiger partial charge is 0.248 e. The number of hydrogen-bond donors (Lipinski definition) is 1. The summed E-state index contributed by atoms with van der Waals surface area (Å²) in [5.41, 5.74) is 3.90. The first-order chi connectivity index (χ1) is 14.2.